The molecule has 10 aromatic rings. The van der Waals surface area contributed by atoms with Crippen LogP contribution in [-0.2, 0) is 5.41 Å². The van der Waals surface area contributed by atoms with Gasteiger partial charge in [0.1, 0.15) is 11.2 Å². The second kappa shape index (κ2) is 11.2. The van der Waals surface area contributed by atoms with Gasteiger partial charge in [0.2, 0.25) is 0 Å². The van der Waals surface area contributed by atoms with Crippen molar-refractivity contribution in [3.05, 3.63) is 187 Å². The number of fused-ring (bicyclic) bond motifs is 10. The van der Waals surface area contributed by atoms with Crippen molar-refractivity contribution in [1.29, 1.82) is 0 Å². The molecule has 0 spiro atoms. The van der Waals surface area contributed by atoms with E-state index in [0.29, 0.717) is 0 Å². The minimum atomic E-state index is -0.145. The quantitative estimate of drug-likeness (QED) is 0.181. The SMILES string of the molecule is CC1(C)c2cc(-c3ccc(-n4c5ccc(-c6ccccc6)cc5c5cc(-c6ccccc6)ccc54)cc3)ccc2-c2c1ccc1c2oc2ccccc21. The number of rotatable bonds is 4. The smallest absolute Gasteiger partial charge is 0.143 e. The maximum Gasteiger partial charge on any atom is 0.143 e. The average Bonchev–Trinajstić information content (AvgIpc) is 3.83. The molecule has 0 bridgehead atoms. The summed E-state index contributed by atoms with van der Waals surface area (Å²) in [5.41, 5.74) is 17.8. The second-order valence-electron chi connectivity index (χ2n) is 14.9. The maximum absolute atomic E-state index is 6.53. The molecule has 53 heavy (non-hydrogen) atoms. The van der Waals surface area contributed by atoms with E-state index in [4.69, 9.17) is 4.42 Å². The normalized spacial score (nSPS) is 13.2. The zero-order chi connectivity index (χ0) is 35.3. The first-order valence-corrected chi connectivity index (χ1v) is 18.4. The van der Waals surface area contributed by atoms with Crippen LogP contribution in [0.5, 0.6) is 0 Å². The molecule has 0 aliphatic heterocycles. The Morgan fingerprint density at radius 3 is 1.62 bits per heavy atom. The number of nitrogens with zero attached hydrogens (tertiary/aromatic N) is 1. The van der Waals surface area contributed by atoms with E-state index < -0.39 is 0 Å². The molecule has 0 N–H and O–H groups in total. The summed E-state index contributed by atoms with van der Waals surface area (Å²) in [6.45, 7) is 4.68. The highest BCUT2D eigenvalue weighted by Crippen LogP contribution is 2.53. The highest BCUT2D eigenvalue weighted by atomic mass is 16.3. The van der Waals surface area contributed by atoms with Crippen LogP contribution in [0.4, 0.5) is 0 Å². The van der Waals surface area contributed by atoms with Gasteiger partial charge in [-0.05, 0) is 98.6 Å². The third kappa shape index (κ3) is 4.45. The molecule has 0 fully saturated rings. The van der Waals surface area contributed by atoms with Crippen molar-refractivity contribution in [2.24, 2.45) is 0 Å². The first-order chi connectivity index (χ1) is 26.0. The van der Waals surface area contributed by atoms with Gasteiger partial charge in [-0.2, -0.15) is 0 Å². The molecule has 8 aromatic carbocycles. The Labute approximate surface area is 308 Å². The van der Waals surface area contributed by atoms with Gasteiger partial charge in [-0.15, -0.1) is 0 Å². The fraction of sp³-hybridized carbons (Fsp3) is 0.0588. The van der Waals surface area contributed by atoms with E-state index in [-0.39, 0.29) is 5.41 Å². The van der Waals surface area contributed by atoms with Crippen molar-refractivity contribution >= 4 is 43.7 Å². The monoisotopic (exact) mass is 677 g/mol. The molecule has 1 aliphatic rings. The van der Waals surface area contributed by atoms with Crippen LogP contribution in [0.1, 0.15) is 25.0 Å². The molecule has 2 heterocycles. The van der Waals surface area contributed by atoms with Gasteiger partial charge >= 0.3 is 0 Å². The van der Waals surface area contributed by atoms with E-state index in [9.17, 15) is 0 Å². The van der Waals surface area contributed by atoms with E-state index in [1.807, 2.05) is 6.07 Å². The van der Waals surface area contributed by atoms with E-state index in [2.05, 4.69) is 188 Å². The molecule has 1 aliphatic carbocycles. The summed E-state index contributed by atoms with van der Waals surface area (Å²) in [5.74, 6) is 0. The number of benzene rings is 8. The fourth-order valence-corrected chi connectivity index (χ4v) is 8.91. The Hall–Kier alpha value is -6.64. The highest BCUT2D eigenvalue weighted by Gasteiger charge is 2.38. The molecule has 250 valence electrons. The van der Waals surface area contributed by atoms with Gasteiger partial charge in [-0.25, -0.2) is 0 Å². The molecule has 11 rings (SSSR count). The van der Waals surface area contributed by atoms with Crippen molar-refractivity contribution in [1.82, 2.24) is 4.57 Å². The van der Waals surface area contributed by atoms with Crippen LogP contribution in [0.3, 0.4) is 0 Å². The van der Waals surface area contributed by atoms with Gasteiger partial charge in [0.25, 0.3) is 0 Å². The molecule has 0 unspecified atom stereocenters. The van der Waals surface area contributed by atoms with Crippen molar-refractivity contribution in [3.8, 4) is 50.2 Å². The van der Waals surface area contributed by atoms with E-state index in [1.165, 1.54) is 88.2 Å². The number of furan rings is 1. The number of hydrogen-bond acceptors (Lipinski definition) is 1. The first kappa shape index (κ1) is 30.0. The van der Waals surface area contributed by atoms with Crippen LogP contribution in [0, 0.1) is 0 Å². The molecule has 0 amide bonds. The van der Waals surface area contributed by atoms with E-state index in [1.54, 1.807) is 0 Å². The number of hydrogen-bond donors (Lipinski definition) is 0. The third-order valence-corrected chi connectivity index (χ3v) is 11.6. The first-order valence-electron chi connectivity index (χ1n) is 18.4. The Morgan fingerprint density at radius 1 is 0.415 bits per heavy atom. The standard InChI is InChI=1S/C51H35NO/c1-51(2)44-26-25-40-39-15-9-10-16-48(39)53-50(40)49(44)41-24-19-37(31-45(41)51)34-17-22-38(23-18-34)52-46-27-20-35(32-11-5-3-6-12-32)29-42(46)43-30-36(21-28-47(43)52)33-13-7-4-8-14-33/h3-31H,1-2H3. The third-order valence-electron chi connectivity index (χ3n) is 11.6. The maximum atomic E-state index is 6.53. The molecule has 2 aromatic heterocycles. The van der Waals surface area contributed by atoms with Crippen molar-refractivity contribution in [3.63, 3.8) is 0 Å². The fourth-order valence-electron chi connectivity index (χ4n) is 8.91. The van der Waals surface area contributed by atoms with Gasteiger partial charge in [0, 0.05) is 38.2 Å². The summed E-state index contributed by atoms with van der Waals surface area (Å²) in [7, 11) is 0. The summed E-state index contributed by atoms with van der Waals surface area (Å²) in [5, 5.41) is 4.86. The van der Waals surface area contributed by atoms with Crippen molar-refractivity contribution < 1.29 is 4.42 Å². The van der Waals surface area contributed by atoms with Crippen molar-refractivity contribution in [2.45, 2.75) is 19.3 Å². The van der Waals surface area contributed by atoms with Crippen LogP contribution in [0.15, 0.2) is 180 Å². The Balaban J connectivity index is 1.02. The van der Waals surface area contributed by atoms with Crippen LogP contribution >= 0.6 is 0 Å². The van der Waals surface area contributed by atoms with Crippen LogP contribution < -0.4 is 0 Å². The minimum absolute atomic E-state index is 0.145. The Morgan fingerprint density at radius 2 is 0.962 bits per heavy atom. The lowest BCUT2D eigenvalue weighted by atomic mass is 9.81. The number of aromatic nitrogens is 1. The molecule has 2 heteroatoms. The molecular weight excluding hydrogens is 643 g/mol. The highest BCUT2D eigenvalue weighted by molar-refractivity contribution is 6.13. The van der Waals surface area contributed by atoms with E-state index in [0.717, 1.165) is 16.9 Å². The molecule has 0 saturated heterocycles. The average molecular weight is 678 g/mol. The Kier molecular flexibility index (Phi) is 6.33. The van der Waals surface area contributed by atoms with Gasteiger partial charge < -0.3 is 8.98 Å². The second-order valence-corrected chi connectivity index (χ2v) is 14.9. The summed E-state index contributed by atoms with van der Waals surface area (Å²) in [4.78, 5) is 0. The van der Waals surface area contributed by atoms with E-state index >= 15 is 0 Å². The summed E-state index contributed by atoms with van der Waals surface area (Å²) in [6.07, 6.45) is 0. The molecule has 0 radical (unpaired) electrons. The van der Waals surface area contributed by atoms with Crippen LogP contribution in [0.25, 0.3) is 93.9 Å². The van der Waals surface area contributed by atoms with Crippen molar-refractivity contribution in [2.75, 3.05) is 0 Å². The van der Waals surface area contributed by atoms with Gasteiger partial charge in [0.15, 0.2) is 0 Å². The van der Waals surface area contributed by atoms with Gasteiger partial charge in [-0.1, -0.05) is 141 Å². The predicted octanol–water partition coefficient (Wildman–Crippen LogP) is 14.0. The van der Waals surface area contributed by atoms with Gasteiger partial charge in [0.05, 0.1) is 11.0 Å². The van der Waals surface area contributed by atoms with Crippen LogP contribution in [0.2, 0.25) is 0 Å². The lowest BCUT2D eigenvalue weighted by Crippen LogP contribution is -2.14. The topological polar surface area (TPSA) is 18.1 Å². The molecular formula is C51H35NO. The van der Waals surface area contributed by atoms with Crippen LogP contribution in [-0.4, -0.2) is 4.57 Å². The molecule has 0 saturated carbocycles. The molecule has 0 atom stereocenters. The number of para-hydroxylation sites is 1. The zero-order valence-corrected chi connectivity index (χ0v) is 29.6. The molecule has 2 nitrogen and oxygen atoms in total. The summed E-state index contributed by atoms with van der Waals surface area (Å²) >= 11 is 0. The zero-order valence-electron chi connectivity index (χ0n) is 29.6. The lowest BCUT2D eigenvalue weighted by molar-refractivity contribution is 0.653. The summed E-state index contributed by atoms with van der Waals surface area (Å²) in [6, 6.07) is 64.1. The Bertz CT molecular complexity index is 2960. The predicted molar refractivity (Wildman–Crippen MR) is 222 cm³/mol. The van der Waals surface area contributed by atoms with Gasteiger partial charge in [-0.3, -0.25) is 0 Å². The lowest BCUT2D eigenvalue weighted by Gasteiger charge is -2.22. The minimum Gasteiger partial charge on any atom is -0.455 e. The largest absolute Gasteiger partial charge is 0.455 e. The summed E-state index contributed by atoms with van der Waals surface area (Å²) < 4.78 is 8.94.